The highest BCUT2D eigenvalue weighted by molar-refractivity contribution is 9.10. The average Bonchev–Trinajstić information content (AvgIpc) is 3.01. The fourth-order valence-corrected chi connectivity index (χ4v) is 5.62. The van der Waals surface area contributed by atoms with Crippen molar-refractivity contribution in [3.05, 3.63) is 123 Å². The largest absolute Gasteiger partial charge is 0.456 e. The molecule has 4 aromatic rings. The van der Waals surface area contributed by atoms with E-state index < -0.39 is 34.8 Å². The molecule has 0 amide bonds. The lowest BCUT2D eigenvalue weighted by Gasteiger charge is -2.36. The van der Waals surface area contributed by atoms with E-state index in [1.807, 2.05) is 12.1 Å². The van der Waals surface area contributed by atoms with E-state index in [1.54, 1.807) is 53.7 Å². The average molecular weight is 756 g/mol. The van der Waals surface area contributed by atoms with Crippen LogP contribution in [-0.2, 0) is 16.0 Å². The summed E-state index contributed by atoms with van der Waals surface area (Å²) in [4.78, 5) is 28.3. The van der Waals surface area contributed by atoms with Gasteiger partial charge in [0.05, 0.1) is 11.1 Å². The van der Waals surface area contributed by atoms with E-state index in [0.29, 0.717) is 4.47 Å². The maximum absolute atomic E-state index is 14.7. The summed E-state index contributed by atoms with van der Waals surface area (Å²) in [7, 11) is 0. The molecule has 49 heavy (non-hydrogen) atoms. The Balaban J connectivity index is 0.000000302. The van der Waals surface area contributed by atoms with E-state index in [1.165, 1.54) is 35.4 Å². The molecule has 4 aromatic carbocycles. The van der Waals surface area contributed by atoms with Crippen LogP contribution in [0.4, 0.5) is 14.5 Å². The number of rotatable bonds is 6. The lowest BCUT2D eigenvalue weighted by atomic mass is 9.99. The van der Waals surface area contributed by atoms with Crippen LogP contribution in [0.5, 0.6) is 0 Å². The molecule has 1 saturated heterocycles. The second-order valence-corrected chi connectivity index (χ2v) is 15.1. The summed E-state index contributed by atoms with van der Waals surface area (Å²) in [5, 5.41) is 0.730. The first kappa shape index (κ1) is 38.0. The number of hydrogen-bond donors (Lipinski definition) is 0. The van der Waals surface area contributed by atoms with Crippen molar-refractivity contribution in [2.45, 2.75) is 59.3 Å². The van der Waals surface area contributed by atoms with Crippen molar-refractivity contribution >= 4 is 45.2 Å². The Kier molecular flexibility index (Phi) is 12.6. The van der Waals surface area contributed by atoms with Crippen LogP contribution in [-0.4, -0.2) is 54.2 Å². The summed E-state index contributed by atoms with van der Waals surface area (Å²) in [6.45, 7) is 14.7. The highest BCUT2D eigenvalue weighted by atomic mass is 79.9. The van der Waals surface area contributed by atoms with Crippen LogP contribution in [0.3, 0.4) is 0 Å². The standard InChI is InChI=1S/C28H30ClFN2O2.C11H12BrFO2/c1-28(2,3)34-27(33)25-13-12-23(18-26(25)30)32-16-14-31(15-17-32)19-21-6-4-5-7-24(21)20-8-10-22(29)11-9-20;1-11(2,3)15-10(14)8-5-4-7(12)6-9(8)13/h4-13,18H,14-17,19H2,1-3H3;4-6H,1-3H3. The Hall–Kier alpha value is -3.79. The van der Waals surface area contributed by atoms with E-state index in [0.717, 1.165) is 49.0 Å². The smallest absolute Gasteiger partial charge is 0.341 e. The fraction of sp³-hybridized carbons (Fsp3) is 0.333. The summed E-state index contributed by atoms with van der Waals surface area (Å²) in [6.07, 6.45) is 0. The van der Waals surface area contributed by atoms with Gasteiger partial charge in [-0.05, 0) is 107 Å². The van der Waals surface area contributed by atoms with Crippen molar-refractivity contribution in [2.75, 3.05) is 31.1 Å². The van der Waals surface area contributed by atoms with Gasteiger partial charge in [-0.25, -0.2) is 18.4 Å². The number of carbonyl (C=O) groups is 2. The molecule has 1 aliphatic heterocycles. The summed E-state index contributed by atoms with van der Waals surface area (Å²) < 4.78 is 39.0. The molecule has 6 nitrogen and oxygen atoms in total. The summed E-state index contributed by atoms with van der Waals surface area (Å²) >= 11 is 9.17. The number of benzene rings is 4. The van der Waals surface area contributed by atoms with Crippen LogP contribution in [0.25, 0.3) is 11.1 Å². The maximum atomic E-state index is 14.7. The second kappa shape index (κ2) is 16.3. The summed E-state index contributed by atoms with van der Waals surface area (Å²) in [6, 6.07) is 25.4. The summed E-state index contributed by atoms with van der Waals surface area (Å²) in [5.74, 6) is -2.42. The molecule has 5 rings (SSSR count). The van der Waals surface area contributed by atoms with E-state index in [9.17, 15) is 18.4 Å². The van der Waals surface area contributed by atoms with Crippen LogP contribution in [0.2, 0.25) is 5.02 Å². The Labute approximate surface area is 301 Å². The number of hydrogen-bond acceptors (Lipinski definition) is 6. The zero-order chi connectivity index (χ0) is 35.9. The lowest BCUT2D eigenvalue weighted by molar-refractivity contribution is 0.00518. The molecular weight excluding hydrogens is 714 g/mol. The van der Waals surface area contributed by atoms with Crippen molar-refractivity contribution in [1.82, 2.24) is 4.90 Å². The molecule has 0 saturated carbocycles. The number of carbonyl (C=O) groups excluding carboxylic acids is 2. The van der Waals surface area contributed by atoms with Crippen molar-refractivity contribution in [3.8, 4) is 11.1 Å². The van der Waals surface area contributed by atoms with E-state index in [4.69, 9.17) is 21.1 Å². The first-order valence-corrected chi connectivity index (χ1v) is 17.2. The molecule has 1 fully saturated rings. The van der Waals surface area contributed by atoms with Gasteiger partial charge in [0.15, 0.2) is 0 Å². The maximum Gasteiger partial charge on any atom is 0.341 e. The Bertz CT molecular complexity index is 1760. The van der Waals surface area contributed by atoms with Gasteiger partial charge < -0.3 is 14.4 Å². The van der Waals surface area contributed by atoms with Gasteiger partial charge in [0.1, 0.15) is 22.8 Å². The molecule has 260 valence electrons. The van der Waals surface area contributed by atoms with Gasteiger partial charge in [0.25, 0.3) is 0 Å². The molecule has 0 bridgehead atoms. The van der Waals surface area contributed by atoms with Gasteiger partial charge in [-0.1, -0.05) is 63.9 Å². The van der Waals surface area contributed by atoms with Gasteiger partial charge in [-0.15, -0.1) is 0 Å². The number of piperazine rings is 1. The third kappa shape index (κ3) is 11.4. The molecule has 0 spiro atoms. The molecule has 1 heterocycles. The monoisotopic (exact) mass is 754 g/mol. The Morgan fingerprint density at radius 3 is 1.80 bits per heavy atom. The molecule has 0 N–H and O–H groups in total. The normalized spacial score (nSPS) is 13.7. The van der Waals surface area contributed by atoms with Gasteiger partial charge in [-0.3, -0.25) is 4.90 Å². The first-order valence-electron chi connectivity index (χ1n) is 16.0. The van der Waals surface area contributed by atoms with Crippen LogP contribution in [0.15, 0.2) is 89.4 Å². The minimum absolute atomic E-state index is 0.0314. The highest BCUT2D eigenvalue weighted by Gasteiger charge is 2.24. The van der Waals surface area contributed by atoms with Crippen molar-refractivity contribution in [3.63, 3.8) is 0 Å². The molecule has 0 aliphatic carbocycles. The number of halogens is 4. The van der Waals surface area contributed by atoms with E-state index in [-0.39, 0.29) is 11.1 Å². The van der Waals surface area contributed by atoms with Crippen LogP contribution < -0.4 is 4.90 Å². The number of esters is 2. The molecule has 0 aromatic heterocycles. The van der Waals surface area contributed by atoms with E-state index in [2.05, 4.69) is 62.1 Å². The minimum Gasteiger partial charge on any atom is -0.456 e. The van der Waals surface area contributed by atoms with Gasteiger partial charge in [-0.2, -0.15) is 0 Å². The van der Waals surface area contributed by atoms with Crippen LogP contribution >= 0.6 is 27.5 Å². The lowest BCUT2D eigenvalue weighted by Crippen LogP contribution is -2.46. The first-order chi connectivity index (χ1) is 23.0. The molecule has 0 radical (unpaired) electrons. The highest BCUT2D eigenvalue weighted by Crippen LogP contribution is 2.28. The SMILES string of the molecule is CC(C)(C)OC(=O)c1ccc(Br)cc1F.CC(C)(C)OC(=O)c1ccc(N2CCN(Cc3ccccc3-c3ccc(Cl)cc3)CC2)cc1F. The molecule has 0 atom stereocenters. The Morgan fingerprint density at radius 1 is 0.735 bits per heavy atom. The molecule has 10 heteroatoms. The predicted octanol–water partition coefficient (Wildman–Crippen LogP) is 9.97. The topological polar surface area (TPSA) is 59.1 Å². The van der Waals surface area contributed by atoms with Crippen LogP contribution in [0, 0.1) is 11.6 Å². The zero-order valence-corrected chi connectivity index (χ0v) is 31.0. The number of nitrogens with zero attached hydrogens (tertiary/aromatic N) is 2. The summed E-state index contributed by atoms with van der Waals surface area (Å²) in [5.41, 5.74) is 3.06. The third-order valence-corrected chi connectivity index (χ3v) is 8.17. The molecule has 0 unspecified atom stereocenters. The van der Waals surface area contributed by atoms with E-state index >= 15 is 0 Å². The quantitative estimate of drug-likeness (QED) is 0.183. The van der Waals surface area contributed by atoms with Crippen molar-refractivity contribution in [1.29, 1.82) is 0 Å². The second-order valence-electron chi connectivity index (χ2n) is 13.7. The number of ether oxygens (including phenoxy) is 2. The number of anilines is 1. The molecule has 1 aliphatic rings. The van der Waals surface area contributed by atoms with Crippen molar-refractivity contribution < 1.29 is 27.8 Å². The zero-order valence-electron chi connectivity index (χ0n) is 28.7. The third-order valence-electron chi connectivity index (χ3n) is 7.43. The van der Waals surface area contributed by atoms with Gasteiger partial charge in [0, 0.05) is 47.9 Å². The van der Waals surface area contributed by atoms with Gasteiger partial charge in [0.2, 0.25) is 0 Å². The van der Waals surface area contributed by atoms with Crippen molar-refractivity contribution in [2.24, 2.45) is 0 Å². The van der Waals surface area contributed by atoms with Gasteiger partial charge >= 0.3 is 11.9 Å². The predicted molar refractivity (Wildman–Crippen MR) is 195 cm³/mol. The minimum atomic E-state index is -0.662. The van der Waals surface area contributed by atoms with Crippen LogP contribution in [0.1, 0.15) is 67.8 Å². The fourth-order valence-electron chi connectivity index (χ4n) is 5.16. The molecular formula is C39H42BrClF2N2O4. The Morgan fingerprint density at radius 2 is 1.27 bits per heavy atom.